The van der Waals surface area contributed by atoms with Crippen LogP contribution in [-0.2, 0) is 9.59 Å². The molecule has 0 saturated carbocycles. The van der Waals surface area contributed by atoms with Crippen molar-refractivity contribution in [2.75, 3.05) is 0 Å². The van der Waals surface area contributed by atoms with E-state index in [4.69, 9.17) is 10.8 Å². The van der Waals surface area contributed by atoms with Gasteiger partial charge in [0.25, 0.3) is 0 Å². The molecule has 5 heteroatoms. The summed E-state index contributed by atoms with van der Waals surface area (Å²) in [5.41, 5.74) is 6.48. The minimum absolute atomic E-state index is 0.0119. The highest BCUT2D eigenvalue weighted by Crippen LogP contribution is 2.18. The fourth-order valence-electron chi connectivity index (χ4n) is 1.82. The molecule has 0 aromatic heterocycles. The SMILES string of the molecule is CC(N)CC(=O)NC(CCC(=O)O)c1ccccc1. The van der Waals surface area contributed by atoms with Crippen LogP contribution in [0.1, 0.15) is 37.8 Å². The Bertz CT molecular complexity index is 418. The maximum Gasteiger partial charge on any atom is 0.303 e. The summed E-state index contributed by atoms with van der Waals surface area (Å²) >= 11 is 0. The van der Waals surface area contributed by atoms with Gasteiger partial charge in [-0.3, -0.25) is 9.59 Å². The van der Waals surface area contributed by atoms with E-state index in [2.05, 4.69) is 5.32 Å². The third-order valence-corrected chi connectivity index (χ3v) is 2.69. The van der Waals surface area contributed by atoms with E-state index in [0.717, 1.165) is 5.56 Å². The lowest BCUT2D eigenvalue weighted by Gasteiger charge is -2.19. The predicted molar refractivity (Wildman–Crippen MR) is 72.5 cm³/mol. The molecular weight excluding hydrogens is 244 g/mol. The fourth-order valence-corrected chi connectivity index (χ4v) is 1.82. The molecule has 1 aromatic carbocycles. The van der Waals surface area contributed by atoms with Gasteiger partial charge in [0.05, 0.1) is 6.04 Å². The Morgan fingerprint density at radius 1 is 1.32 bits per heavy atom. The molecule has 1 aromatic rings. The van der Waals surface area contributed by atoms with E-state index < -0.39 is 5.97 Å². The first kappa shape index (κ1) is 15.2. The lowest BCUT2D eigenvalue weighted by Crippen LogP contribution is -2.33. The number of carboxylic acid groups (broad SMARTS) is 1. The second-order valence-corrected chi connectivity index (χ2v) is 4.64. The van der Waals surface area contributed by atoms with Crippen molar-refractivity contribution in [2.24, 2.45) is 5.73 Å². The second kappa shape index (κ2) is 7.53. The van der Waals surface area contributed by atoms with Crippen LogP contribution in [0.25, 0.3) is 0 Å². The third-order valence-electron chi connectivity index (χ3n) is 2.69. The van der Waals surface area contributed by atoms with Crippen molar-refractivity contribution in [1.82, 2.24) is 5.32 Å². The Kier molecular flexibility index (Phi) is 6.02. The first-order valence-corrected chi connectivity index (χ1v) is 6.30. The smallest absolute Gasteiger partial charge is 0.303 e. The van der Waals surface area contributed by atoms with E-state index in [1.807, 2.05) is 30.3 Å². The average Bonchev–Trinajstić information content (AvgIpc) is 2.34. The van der Waals surface area contributed by atoms with Crippen LogP contribution in [0.5, 0.6) is 0 Å². The van der Waals surface area contributed by atoms with Gasteiger partial charge in [-0.2, -0.15) is 0 Å². The third kappa shape index (κ3) is 6.01. The van der Waals surface area contributed by atoms with Crippen LogP contribution in [0.4, 0.5) is 0 Å². The van der Waals surface area contributed by atoms with E-state index in [0.29, 0.717) is 6.42 Å². The summed E-state index contributed by atoms with van der Waals surface area (Å²) < 4.78 is 0. The number of hydrogen-bond acceptors (Lipinski definition) is 3. The zero-order valence-corrected chi connectivity index (χ0v) is 11.0. The average molecular weight is 264 g/mol. The van der Waals surface area contributed by atoms with Crippen LogP contribution in [0, 0.1) is 0 Å². The van der Waals surface area contributed by atoms with Crippen LogP contribution in [0.3, 0.4) is 0 Å². The van der Waals surface area contributed by atoms with Crippen molar-refractivity contribution in [1.29, 1.82) is 0 Å². The van der Waals surface area contributed by atoms with Gasteiger partial charge in [0.2, 0.25) is 5.91 Å². The van der Waals surface area contributed by atoms with Crippen LogP contribution in [0.2, 0.25) is 0 Å². The van der Waals surface area contributed by atoms with Crippen LogP contribution in [0.15, 0.2) is 30.3 Å². The number of amides is 1. The molecule has 0 heterocycles. The maximum atomic E-state index is 11.7. The molecule has 0 saturated heterocycles. The molecule has 104 valence electrons. The summed E-state index contributed by atoms with van der Waals surface area (Å²) in [5.74, 6) is -1.03. The van der Waals surface area contributed by atoms with E-state index in [1.165, 1.54) is 0 Å². The summed E-state index contributed by atoms with van der Waals surface area (Å²) in [4.78, 5) is 22.4. The second-order valence-electron chi connectivity index (χ2n) is 4.64. The largest absolute Gasteiger partial charge is 0.481 e. The van der Waals surface area contributed by atoms with E-state index in [-0.39, 0.29) is 30.8 Å². The van der Waals surface area contributed by atoms with Gasteiger partial charge in [-0.1, -0.05) is 30.3 Å². The van der Waals surface area contributed by atoms with E-state index in [9.17, 15) is 9.59 Å². The molecule has 0 aliphatic carbocycles. The molecule has 0 spiro atoms. The van der Waals surface area contributed by atoms with Crippen molar-refractivity contribution < 1.29 is 14.7 Å². The number of carbonyl (C=O) groups excluding carboxylic acids is 1. The van der Waals surface area contributed by atoms with Crippen LogP contribution in [-0.4, -0.2) is 23.0 Å². The number of benzene rings is 1. The quantitative estimate of drug-likeness (QED) is 0.695. The maximum absolute atomic E-state index is 11.7. The first-order valence-electron chi connectivity index (χ1n) is 6.30. The lowest BCUT2D eigenvalue weighted by atomic mass is 10.0. The van der Waals surface area contributed by atoms with Crippen molar-refractivity contribution in [3.63, 3.8) is 0 Å². The molecule has 1 amide bonds. The van der Waals surface area contributed by atoms with Gasteiger partial charge in [0.15, 0.2) is 0 Å². The topological polar surface area (TPSA) is 92.4 Å². The van der Waals surface area contributed by atoms with Crippen molar-refractivity contribution in [3.8, 4) is 0 Å². The highest BCUT2D eigenvalue weighted by atomic mass is 16.4. The van der Waals surface area contributed by atoms with Crippen molar-refractivity contribution >= 4 is 11.9 Å². The van der Waals surface area contributed by atoms with Gasteiger partial charge >= 0.3 is 5.97 Å². The van der Waals surface area contributed by atoms with Crippen molar-refractivity contribution in [3.05, 3.63) is 35.9 Å². The Morgan fingerprint density at radius 2 is 1.95 bits per heavy atom. The number of rotatable bonds is 7. The molecule has 0 aliphatic heterocycles. The van der Waals surface area contributed by atoms with Gasteiger partial charge in [0.1, 0.15) is 0 Å². The number of nitrogens with two attached hydrogens (primary N) is 1. The zero-order valence-electron chi connectivity index (χ0n) is 11.0. The molecule has 0 aliphatic rings. The van der Waals surface area contributed by atoms with E-state index >= 15 is 0 Å². The Balaban J connectivity index is 2.69. The minimum atomic E-state index is -0.873. The molecule has 1 rings (SSSR count). The van der Waals surface area contributed by atoms with Gasteiger partial charge in [-0.15, -0.1) is 0 Å². The van der Waals surface area contributed by atoms with Crippen molar-refractivity contribution in [2.45, 2.75) is 38.3 Å². The number of aliphatic carboxylic acids is 1. The summed E-state index contributed by atoms with van der Waals surface area (Å²) in [7, 11) is 0. The number of nitrogens with one attached hydrogen (secondary N) is 1. The Morgan fingerprint density at radius 3 is 2.47 bits per heavy atom. The highest BCUT2D eigenvalue weighted by Gasteiger charge is 2.16. The van der Waals surface area contributed by atoms with Gasteiger partial charge in [-0.25, -0.2) is 0 Å². The molecule has 0 fully saturated rings. The fraction of sp³-hybridized carbons (Fsp3) is 0.429. The Labute approximate surface area is 112 Å². The monoisotopic (exact) mass is 264 g/mol. The Hall–Kier alpha value is -1.88. The number of hydrogen-bond donors (Lipinski definition) is 3. The molecular formula is C14H20N2O3. The number of carbonyl (C=O) groups is 2. The summed E-state index contributed by atoms with van der Waals surface area (Å²) in [5, 5.41) is 11.6. The highest BCUT2D eigenvalue weighted by molar-refractivity contribution is 5.77. The molecule has 5 nitrogen and oxygen atoms in total. The molecule has 0 radical (unpaired) electrons. The molecule has 2 unspecified atom stereocenters. The summed E-state index contributed by atoms with van der Waals surface area (Å²) in [6.45, 7) is 1.76. The normalized spacial score (nSPS) is 13.6. The van der Waals surface area contributed by atoms with Gasteiger partial charge < -0.3 is 16.2 Å². The molecule has 4 N–H and O–H groups in total. The molecule has 0 bridgehead atoms. The zero-order chi connectivity index (χ0) is 14.3. The summed E-state index contributed by atoms with van der Waals surface area (Å²) in [6, 6.07) is 8.85. The van der Waals surface area contributed by atoms with Crippen LogP contribution < -0.4 is 11.1 Å². The summed E-state index contributed by atoms with van der Waals surface area (Å²) in [6.07, 6.45) is 0.610. The standard InChI is InChI=1S/C14H20N2O3/c1-10(15)9-13(17)16-12(7-8-14(18)19)11-5-3-2-4-6-11/h2-6,10,12H,7-9,15H2,1H3,(H,16,17)(H,18,19). The van der Waals surface area contributed by atoms with Gasteiger partial charge in [-0.05, 0) is 18.9 Å². The van der Waals surface area contributed by atoms with Gasteiger partial charge in [0, 0.05) is 18.9 Å². The first-order chi connectivity index (χ1) is 8.99. The lowest BCUT2D eigenvalue weighted by molar-refractivity contribution is -0.137. The predicted octanol–water partition coefficient (Wildman–Crippen LogP) is 1.45. The van der Waals surface area contributed by atoms with Crippen LogP contribution >= 0.6 is 0 Å². The number of carboxylic acids is 1. The molecule has 19 heavy (non-hydrogen) atoms. The minimum Gasteiger partial charge on any atom is -0.481 e. The van der Waals surface area contributed by atoms with E-state index in [1.54, 1.807) is 6.92 Å². The molecule has 2 atom stereocenters.